The van der Waals surface area contributed by atoms with Crippen molar-refractivity contribution < 1.29 is 15.0 Å². The fourth-order valence-electron chi connectivity index (χ4n) is 3.91. The Kier molecular flexibility index (Phi) is 7.04. The van der Waals surface area contributed by atoms with Crippen molar-refractivity contribution in [3.8, 4) is 11.1 Å². The number of benzene rings is 2. The third-order valence-corrected chi connectivity index (χ3v) is 6.16. The van der Waals surface area contributed by atoms with Crippen LogP contribution in [-0.2, 0) is 24.8 Å². The minimum Gasteiger partial charge on any atom is -0.481 e. The fraction of sp³-hybridized carbons (Fsp3) is 0.292. The lowest BCUT2D eigenvalue weighted by atomic mass is 9.93. The summed E-state index contributed by atoms with van der Waals surface area (Å²) >= 11 is 6.05. The molecule has 0 aliphatic heterocycles. The molecule has 34 heavy (non-hydrogen) atoms. The maximum Gasteiger partial charge on any atom is 0.309 e. The highest BCUT2D eigenvalue weighted by Gasteiger charge is 2.26. The van der Waals surface area contributed by atoms with Crippen molar-refractivity contribution in [2.75, 3.05) is 0 Å². The van der Waals surface area contributed by atoms with Crippen molar-refractivity contribution in [3.05, 3.63) is 75.8 Å². The summed E-state index contributed by atoms with van der Waals surface area (Å²) in [6, 6.07) is 12.7. The molecule has 0 bridgehead atoms. The first-order chi connectivity index (χ1) is 16.3. The van der Waals surface area contributed by atoms with E-state index in [4.69, 9.17) is 11.6 Å². The van der Waals surface area contributed by atoms with Crippen molar-refractivity contribution in [1.29, 1.82) is 0 Å². The number of rotatable bonds is 9. The molecule has 0 saturated heterocycles. The average molecular weight is 482 g/mol. The predicted octanol–water partition coefficient (Wildman–Crippen LogP) is 2.93. The molecule has 0 aliphatic carbocycles. The zero-order chi connectivity index (χ0) is 24.2. The van der Waals surface area contributed by atoms with Crippen LogP contribution in [0.15, 0.2) is 59.7 Å². The standard InChI is InChI=1S/C24H24ClN5O4/c1-29-14-17(13-26-29)16-8-5-15(6-9-16)7-10-21(31)18(24(33)34)11-12-30-23(32)19-3-2-4-20(25)22(19)27-28-30/h2-6,8-9,13-14,18,21,31H,7,10-12H2,1H3,(H,33,34). The Labute approximate surface area is 200 Å². The van der Waals surface area contributed by atoms with Crippen LogP contribution < -0.4 is 5.56 Å². The maximum absolute atomic E-state index is 12.7. The normalized spacial score (nSPS) is 13.1. The molecule has 176 valence electrons. The van der Waals surface area contributed by atoms with Gasteiger partial charge < -0.3 is 10.2 Å². The average Bonchev–Trinajstić information content (AvgIpc) is 3.26. The molecule has 2 atom stereocenters. The van der Waals surface area contributed by atoms with Crippen molar-refractivity contribution >= 4 is 28.5 Å². The number of aromatic nitrogens is 5. The summed E-state index contributed by atoms with van der Waals surface area (Å²) < 4.78 is 2.84. The van der Waals surface area contributed by atoms with Crippen LogP contribution in [0.2, 0.25) is 5.02 Å². The van der Waals surface area contributed by atoms with Gasteiger partial charge in [-0.3, -0.25) is 14.3 Å². The number of carboxylic acids is 1. The summed E-state index contributed by atoms with van der Waals surface area (Å²) in [7, 11) is 1.86. The molecule has 2 aromatic carbocycles. The van der Waals surface area contributed by atoms with Gasteiger partial charge >= 0.3 is 5.97 Å². The van der Waals surface area contributed by atoms with E-state index in [9.17, 15) is 19.8 Å². The van der Waals surface area contributed by atoms with Crippen LogP contribution in [0.3, 0.4) is 0 Å². The van der Waals surface area contributed by atoms with Crippen LogP contribution in [0.5, 0.6) is 0 Å². The minimum absolute atomic E-state index is 0.0160. The summed E-state index contributed by atoms with van der Waals surface area (Å²) in [5, 5.41) is 32.9. The first-order valence-electron chi connectivity index (χ1n) is 10.8. The molecule has 4 aromatic rings. The summed E-state index contributed by atoms with van der Waals surface area (Å²) in [4.78, 5) is 24.5. The molecule has 2 aromatic heterocycles. The van der Waals surface area contributed by atoms with E-state index in [1.54, 1.807) is 29.1 Å². The van der Waals surface area contributed by atoms with Crippen LogP contribution in [0, 0.1) is 5.92 Å². The number of aliphatic hydroxyl groups excluding tert-OH is 1. The van der Waals surface area contributed by atoms with E-state index in [-0.39, 0.29) is 19.4 Å². The third kappa shape index (κ3) is 5.16. The van der Waals surface area contributed by atoms with Crippen LogP contribution >= 0.6 is 11.6 Å². The van der Waals surface area contributed by atoms with E-state index < -0.39 is 23.6 Å². The lowest BCUT2D eigenvalue weighted by Crippen LogP contribution is -2.32. The van der Waals surface area contributed by atoms with E-state index in [2.05, 4.69) is 15.4 Å². The van der Waals surface area contributed by atoms with E-state index in [1.807, 2.05) is 37.5 Å². The quantitative estimate of drug-likeness (QED) is 0.376. The van der Waals surface area contributed by atoms with Crippen molar-refractivity contribution in [3.63, 3.8) is 0 Å². The Morgan fingerprint density at radius 2 is 1.88 bits per heavy atom. The Morgan fingerprint density at radius 1 is 1.12 bits per heavy atom. The molecule has 0 spiro atoms. The summed E-state index contributed by atoms with van der Waals surface area (Å²) in [6.07, 6.45) is 3.47. The lowest BCUT2D eigenvalue weighted by molar-refractivity contribution is -0.146. The Bertz CT molecular complexity index is 1370. The Morgan fingerprint density at radius 3 is 2.56 bits per heavy atom. The molecule has 0 amide bonds. The largest absolute Gasteiger partial charge is 0.481 e. The molecular formula is C24H24ClN5O4. The van der Waals surface area contributed by atoms with Gasteiger partial charge in [0, 0.05) is 25.4 Å². The van der Waals surface area contributed by atoms with E-state index in [0.717, 1.165) is 21.4 Å². The first-order valence-corrected chi connectivity index (χ1v) is 11.2. The van der Waals surface area contributed by atoms with Gasteiger partial charge in [-0.15, -0.1) is 5.10 Å². The Hall–Kier alpha value is -3.56. The molecule has 9 nitrogen and oxygen atoms in total. The Balaban J connectivity index is 1.39. The number of carboxylic acid groups (broad SMARTS) is 1. The molecule has 2 unspecified atom stereocenters. The van der Waals surface area contributed by atoms with Crippen LogP contribution in [-0.4, -0.2) is 47.1 Å². The highest BCUT2D eigenvalue weighted by atomic mass is 35.5. The second-order valence-corrected chi connectivity index (χ2v) is 8.60. The fourth-order valence-corrected chi connectivity index (χ4v) is 4.12. The second kappa shape index (κ2) is 10.1. The maximum atomic E-state index is 12.7. The highest BCUT2D eigenvalue weighted by Crippen LogP contribution is 2.21. The number of fused-ring (bicyclic) bond motifs is 1. The molecule has 0 fully saturated rings. The SMILES string of the molecule is Cn1cc(-c2ccc(CCC(O)C(CCn3nnc4c(Cl)cccc4c3=O)C(=O)O)cc2)cn1. The smallest absolute Gasteiger partial charge is 0.309 e. The summed E-state index contributed by atoms with van der Waals surface area (Å²) in [5.74, 6) is -2.16. The van der Waals surface area contributed by atoms with Gasteiger partial charge in [0.15, 0.2) is 0 Å². The molecule has 0 aliphatic rings. The molecule has 4 rings (SSSR count). The molecule has 2 heterocycles. The van der Waals surface area contributed by atoms with Gasteiger partial charge in [-0.05, 0) is 42.5 Å². The third-order valence-electron chi connectivity index (χ3n) is 5.86. The van der Waals surface area contributed by atoms with Gasteiger partial charge in [-0.2, -0.15) is 5.10 Å². The number of aliphatic hydroxyl groups is 1. The van der Waals surface area contributed by atoms with Gasteiger partial charge in [-0.1, -0.05) is 47.1 Å². The molecule has 2 N–H and O–H groups in total. The van der Waals surface area contributed by atoms with Crippen LogP contribution in [0.4, 0.5) is 0 Å². The number of hydrogen-bond acceptors (Lipinski definition) is 6. The monoisotopic (exact) mass is 481 g/mol. The number of aliphatic carboxylic acids is 1. The van der Waals surface area contributed by atoms with E-state index in [0.29, 0.717) is 22.3 Å². The van der Waals surface area contributed by atoms with E-state index in [1.165, 1.54) is 0 Å². The van der Waals surface area contributed by atoms with Crippen LogP contribution in [0.1, 0.15) is 18.4 Å². The summed E-state index contributed by atoms with van der Waals surface area (Å²) in [6.45, 7) is 0.0160. The molecular weight excluding hydrogens is 458 g/mol. The van der Waals surface area contributed by atoms with Gasteiger partial charge in [0.2, 0.25) is 0 Å². The van der Waals surface area contributed by atoms with Crippen molar-refractivity contribution in [1.82, 2.24) is 24.8 Å². The van der Waals surface area contributed by atoms with Gasteiger partial charge in [0.1, 0.15) is 5.52 Å². The summed E-state index contributed by atoms with van der Waals surface area (Å²) in [5.41, 5.74) is 2.93. The van der Waals surface area contributed by atoms with Gasteiger partial charge in [0.05, 0.1) is 28.6 Å². The van der Waals surface area contributed by atoms with Gasteiger partial charge in [0.25, 0.3) is 5.56 Å². The van der Waals surface area contributed by atoms with Crippen molar-refractivity contribution in [2.24, 2.45) is 13.0 Å². The molecule has 0 radical (unpaired) electrons. The molecule has 10 heteroatoms. The zero-order valence-corrected chi connectivity index (χ0v) is 19.3. The number of carbonyl (C=O) groups is 1. The second-order valence-electron chi connectivity index (χ2n) is 8.19. The highest BCUT2D eigenvalue weighted by molar-refractivity contribution is 6.34. The lowest BCUT2D eigenvalue weighted by Gasteiger charge is -2.19. The first kappa shape index (κ1) is 23.6. The van der Waals surface area contributed by atoms with Crippen LogP contribution in [0.25, 0.3) is 22.0 Å². The van der Waals surface area contributed by atoms with Crippen molar-refractivity contribution in [2.45, 2.75) is 31.9 Å². The number of nitrogens with zero attached hydrogens (tertiary/aromatic N) is 5. The van der Waals surface area contributed by atoms with Gasteiger partial charge in [-0.25, -0.2) is 4.68 Å². The number of halogens is 1. The minimum atomic E-state index is -1.12. The molecule has 0 saturated carbocycles. The zero-order valence-electron chi connectivity index (χ0n) is 18.5. The van der Waals surface area contributed by atoms with E-state index >= 15 is 0 Å². The number of hydrogen-bond donors (Lipinski definition) is 2. The predicted molar refractivity (Wildman–Crippen MR) is 128 cm³/mol. The number of aryl methyl sites for hydroxylation is 3. The topological polar surface area (TPSA) is 123 Å².